The molecule has 4 aliphatic rings. The van der Waals surface area contributed by atoms with Gasteiger partial charge in [-0.2, -0.15) is 0 Å². The summed E-state index contributed by atoms with van der Waals surface area (Å²) in [4.78, 5) is 23.8. The summed E-state index contributed by atoms with van der Waals surface area (Å²) in [5, 5.41) is 11.5. The molecule has 4 rings (SSSR count). The highest BCUT2D eigenvalue weighted by Crippen LogP contribution is 2.71. The lowest BCUT2D eigenvalue weighted by molar-refractivity contribution is -0.210. The van der Waals surface area contributed by atoms with Crippen LogP contribution in [0.3, 0.4) is 0 Å². The molecule has 166 valence electrons. The second-order valence-electron chi connectivity index (χ2n) is 9.74. The third kappa shape index (κ3) is 2.57. The molecule has 0 unspecified atom stereocenters. The fourth-order valence-electron chi connectivity index (χ4n) is 7.24. The van der Waals surface area contributed by atoms with Crippen molar-refractivity contribution in [2.45, 2.75) is 62.5 Å². The summed E-state index contributed by atoms with van der Waals surface area (Å²) in [7, 11) is 1.47. The monoisotopic (exact) mass is 440 g/mol. The first-order chi connectivity index (χ1) is 14.1. The van der Waals surface area contributed by atoms with E-state index in [2.05, 4.69) is 0 Å². The number of rotatable bonds is 5. The average molecular weight is 441 g/mol. The van der Waals surface area contributed by atoms with E-state index >= 15 is 0 Å². The van der Waals surface area contributed by atoms with Crippen molar-refractivity contribution in [3.05, 3.63) is 23.8 Å². The Bertz CT molecular complexity index is 826. The largest absolute Gasteiger partial charge is 0.391 e. The Hall–Kier alpha value is -1.08. The maximum Gasteiger partial charge on any atom is 0.196 e. The molecule has 0 aliphatic heterocycles. The molecular formula is C23H30ClFO5. The molecule has 1 N–H and O–H groups in total. The van der Waals surface area contributed by atoms with Crippen LogP contribution in [0.5, 0.6) is 0 Å². The molecule has 5 nitrogen and oxygen atoms in total. The van der Waals surface area contributed by atoms with Gasteiger partial charge in [0.2, 0.25) is 0 Å². The number of halogens is 2. The summed E-state index contributed by atoms with van der Waals surface area (Å²) in [5.41, 5.74) is -1.81. The SMILES string of the molecule is COCO[C@]1(C(=O)CF)CC[C@H]2[C@@H]3CCC4=CC(=O)C=C[C@]4(C)[C@@]3(Cl)[C@@H](O)C[C@@]21C. The zero-order valence-corrected chi connectivity index (χ0v) is 18.5. The van der Waals surface area contributed by atoms with Crippen LogP contribution in [0.1, 0.15) is 46.0 Å². The predicted octanol–water partition coefficient (Wildman–Crippen LogP) is 3.52. The number of carbonyl (C=O) groups is 2. The van der Waals surface area contributed by atoms with Crippen LogP contribution in [0.2, 0.25) is 0 Å². The van der Waals surface area contributed by atoms with Gasteiger partial charge in [-0.05, 0) is 56.1 Å². The first kappa shape index (κ1) is 22.1. The van der Waals surface area contributed by atoms with Crippen LogP contribution in [0.4, 0.5) is 4.39 Å². The number of hydrogen-bond donors (Lipinski definition) is 1. The fourth-order valence-corrected chi connectivity index (χ4v) is 7.76. The third-order valence-electron chi connectivity index (χ3n) is 8.76. The first-order valence-corrected chi connectivity index (χ1v) is 11.0. The van der Waals surface area contributed by atoms with E-state index in [0.717, 1.165) is 5.57 Å². The molecule has 7 heteroatoms. The number of aliphatic hydroxyl groups excluding tert-OH is 1. The Morgan fingerprint density at radius 2 is 2.07 bits per heavy atom. The Labute approximate surface area is 181 Å². The van der Waals surface area contributed by atoms with E-state index in [4.69, 9.17) is 21.1 Å². The molecular weight excluding hydrogens is 411 g/mol. The highest BCUT2D eigenvalue weighted by atomic mass is 35.5. The molecule has 0 amide bonds. The van der Waals surface area contributed by atoms with Crippen LogP contribution >= 0.6 is 11.6 Å². The Morgan fingerprint density at radius 1 is 1.33 bits per heavy atom. The molecule has 0 bridgehead atoms. The lowest BCUT2D eigenvalue weighted by Crippen LogP contribution is -2.69. The maximum atomic E-state index is 13.7. The van der Waals surface area contributed by atoms with Gasteiger partial charge in [0.15, 0.2) is 18.2 Å². The number of Topliss-reactive ketones (excluding diaryl/α,β-unsaturated/α-hetero) is 1. The van der Waals surface area contributed by atoms with Crippen molar-refractivity contribution < 1.29 is 28.6 Å². The van der Waals surface area contributed by atoms with E-state index in [9.17, 15) is 19.1 Å². The average Bonchev–Trinajstić information content (AvgIpc) is 3.00. The van der Waals surface area contributed by atoms with Gasteiger partial charge in [-0.1, -0.05) is 25.5 Å². The van der Waals surface area contributed by atoms with Gasteiger partial charge in [-0.3, -0.25) is 9.59 Å². The Balaban J connectivity index is 1.79. The summed E-state index contributed by atoms with van der Waals surface area (Å²) in [6, 6.07) is 0. The molecule has 0 spiro atoms. The van der Waals surface area contributed by atoms with Gasteiger partial charge in [0.05, 0.1) is 11.0 Å². The summed E-state index contributed by atoms with van der Waals surface area (Å²) in [5.74, 6) is -0.772. The summed E-state index contributed by atoms with van der Waals surface area (Å²) < 4.78 is 24.7. The molecule has 0 aromatic rings. The number of aliphatic hydroxyl groups is 1. The highest BCUT2D eigenvalue weighted by molar-refractivity contribution is 6.26. The van der Waals surface area contributed by atoms with E-state index in [1.165, 1.54) is 13.2 Å². The lowest BCUT2D eigenvalue weighted by Gasteiger charge is -2.64. The number of ether oxygens (including phenoxy) is 2. The van der Waals surface area contributed by atoms with Gasteiger partial charge in [-0.25, -0.2) is 4.39 Å². The third-order valence-corrected chi connectivity index (χ3v) is 9.68. The van der Waals surface area contributed by atoms with Crippen LogP contribution < -0.4 is 0 Å². The quantitative estimate of drug-likeness (QED) is 0.523. The van der Waals surface area contributed by atoms with E-state index in [1.54, 1.807) is 6.08 Å². The second kappa shape index (κ2) is 7.22. The summed E-state index contributed by atoms with van der Waals surface area (Å²) >= 11 is 7.35. The minimum atomic E-state index is -1.34. The number of carbonyl (C=O) groups excluding carboxylic acids is 2. The van der Waals surface area contributed by atoms with Crippen molar-refractivity contribution >= 4 is 23.2 Å². The fraction of sp³-hybridized carbons (Fsp3) is 0.739. The highest BCUT2D eigenvalue weighted by Gasteiger charge is 2.73. The minimum Gasteiger partial charge on any atom is -0.391 e. The van der Waals surface area contributed by atoms with Crippen LogP contribution in [0.15, 0.2) is 23.8 Å². The van der Waals surface area contributed by atoms with Gasteiger partial charge in [0.1, 0.15) is 12.4 Å². The molecule has 0 saturated heterocycles. The van der Waals surface area contributed by atoms with E-state index in [-0.39, 0.29) is 30.8 Å². The van der Waals surface area contributed by atoms with E-state index < -0.39 is 39.9 Å². The van der Waals surface area contributed by atoms with Crippen molar-refractivity contribution in [1.82, 2.24) is 0 Å². The molecule has 3 saturated carbocycles. The van der Waals surface area contributed by atoms with Crippen molar-refractivity contribution in [1.29, 1.82) is 0 Å². The van der Waals surface area contributed by atoms with E-state index in [0.29, 0.717) is 25.7 Å². The zero-order chi connectivity index (χ0) is 21.9. The molecule has 0 aromatic heterocycles. The number of allylic oxidation sites excluding steroid dienone is 4. The molecule has 0 aromatic carbocycles. The predicted molar refractivity (Wildman–Crippen MR) is 110 cm³/mol. The molecule has 0 heterocycles. The van der Waals surface area contributed by atoms with Crippen LogP contribution in [-0.2, 0) is 19.1 Å². The van der Waals surface area contributed by atoms with Crippen molar-refractivity contribution in [3.63, 3.8) is 0 Å². The number of fused-ring (bicyclic) bond motifs is 5. The van der Waals surface area contributed by atoms with Crippen LogP contribution in [-0.4, -0.2) is 53.8 Å². The van der Waals surface area contributed by atoms with Gasteiger partial charge in [-0.15, -0.1) is 11.6 Å². The summed E-state index contributed by atoms with van der Waals surface area (Å²) in [6.45, 7) is 2.69. The second-order valence-corrected chi connectivity index (χ2v) is 10.4. The number of hydrogen-bond acceptors (Lipinski definition) is 5. The Morgan fingerprint density at radius 3 is 2.73 bits per heavy atom. The van der Waals surface area contributed by atoms with E-state index in [1.807, 2.05) is 19.9 Å². The van der Waals surface area contributed by atoms with Crippen molar-refractivity contribution in [3.8, 4) is 0 Å². The molecule has 30 heavy (non-hydrogen) atoms. The van der Waals surface area contributed by atoms with Gasteiger partial charge in [0.25, 0.3) is 0 Å². The molecule has 3 fully saturated rings. The number of alkyl halides is 2. The first-order valence-electron chi connectivity index (χ1n) is 10.6. The Kier molecular flexibility index (Phi) is 5.33. The standard InChI is InChI=1S/C23H30ClFO5/c1-20-8-6-15(26)10-14(20)4-5-17-16-7-9-22(19(28)12-25,30-13-29-3)21(16,2)11-18(27)23(17,20)24/h6,8,10,16-18,27H,4-5,7,9,11-13H2,1-3H3/t16-,17-,18-,20-,21-,22-,23-/m0/s1. The summed E-state index contributed by atoms with van der Waals surface area (Å²) in [6.07, 6.45) is 6.73. The maximum absolute atomic E-state index is 13.7. The van der Waals surface area contributed by atoms with Gasteiger partial charge in [0, 0.05) is 17.9 Å². The van der Waals surface area contributed by atoms with Crippen molar-refractivity contribution in [2.24, 2.45) is 22.7 Å². The minimum absolute atomic E-state index is 0.0184. The zero-order valence-electron chi connectivity index (χ0n) is 17.7. The van der Waals surface area contributed by atoms with Crippen LogP contribution in [0.25, 0.3) is 0 Å². The molecule has 0 radical (unpaired) electrons. The lowest BCUT2D eigenvalue weighted by atomic mass is 9.45. The van der Waals surface area contributed by atoms with Crippen molar-refractivity contribution in [2.75, 3.05) is 20.6 Å². The number of ketones is 2. The van der Waals surface area contributed by atoms with Crippen LogP contribution in [0, 0.1) is 22.7 Å². The number of methoxy groups -OCH3 is 1. The topological polar surface area (TPSA) is 72.8 Å². The normalized spacial score (nSPS) is 47.3. The molecule has 7 atom stereocenters. The molecule has 4 aliphatic carbocycles. The van der Waals surface area contributed by atoms with Gasteiger partial charge >= 0.3 is 0 Å². The smallest absolute Gasteiger partial charge is 0.196 e. The van der Waals surface area contributed by atoms with Gasteiger partial charge < -0.3 is 14.6 Å².